The number of anilines is 2. The minimum atomic E-state index is -0.0117. The van der Waals surface area contributed by atoms with Crippen LogP contribution in [0.25, 0.3) is 0 Å². The molecule has 2 amide bonds. The fraction of sp³-hybridized carbons (Fsp3) is 0.619. The molecule has 0 aliphatic rings. The van der Waals surface area contributed by atoms with Crippen molar-refractivity contribution in [1.82, 2.24) is 4.90 Å². The molecule has 1 aromatic carbocycles. The van der Waals surface area contributed by atoms with Gasteiger partial charge in [0.1, 0.15) is 0 Å². The SMILES string of the molecule is CCC(=O)Nc1ccc(N(C)C)c(CN(C(=O)C(CC)CC)C(C)C)c1. The van der Waals surface area contributed by atoms with E-state index in [0.29, 0.717) is 13.0 Å². The van der Waals surface area contributed by atoms with Crippen molar-refractivity contribution >= 4 is 23.2 Å². The van der Waals surface area contributed by atoms with Gasteiger partial charge in [-0.25, -0.2) is 0 Å². The van der Waals surface area contributed by atoms with E-state index in [9.17, 15) is 9.59 Å². The van der Waals surface area contributed by atoms with Crippen LogP contribution >= 0.6 is 0 Å². The highest BCUT2D eigenvalue weighted by atomic mass is 16.2. The summed E-state index contributed by atoms with van der Waals surface area (Å²) in [4.78, 5) is 28.7. The third-order valence-electron chi connectivity index (χ3n) is 4.75. The zero-order chi connectivity index (χ0) is 19.9. The van der Waals surface area contributed by atoms with Crippen LogP contribution in [0.3, 0.4) is 0 Å². The molecule has 0 radical (unpaired) electrons. The van der Waals surface area contributed by atoms with Gasteiger partial charge in [0.15, 0.2) is 0 Å². The molecule has 0 heterocycles. The molecule has 0 unspecified atom stereocenters. The van der Waals surface area contributed by atoms with Crippen LogP contribution < -0.4 is 10.2 Å². The van der Waals surface area contributed by atoms with Gasteiger partial charge in [-0.15, -0.1) is 0 Å². The van der Waals surface area contributed by atoms with Crippen LogP contribution in [0.4, 0.5) is 11.4 Å². The van der Waals surface area contributed by atoms with E-state index in [1.54, 1.807) is 0 Å². The van der Waals surface area contributed by atoms with Gasteiger partial charge in [-0.05, 0) is 50.5 Å². The van der Waals surface area contributed by atoms with E-state index < -0.39 is 0 Å². The summed E-state index contributed by atoms with van der Waals surface area (Å²) in [5.41, 5.74) is 2.87. The van der Waals surface area contributed by atoms with Crippen molar-refractivity contribution in [3.63, 3.8) is 0 Å². The standard InChI is InChI=1S/C21H35N3O2/c1-8-16(9-2)21(26)24(15(4)5)14-17-13-18(22-20(25)10-3)11-12-19(17)23(6)7/h11-13,15-16H,8-10,14H2,1-7H3,(H,22,25). The van der Waals surface area contributed by atoms with Gasteiger partial charge in [0.25, 0.3) is 0 Å². The van der Waals surface area contributed by atoms with Gasteiger partial charge < -0.3 is 15.1 Å². The number of amides is 2. The highest BCUT2D eigenvalue weighted by molar-refractivity contribution is 5.91. The Morgan fingerprint density at radius 1 is 1.08 bits per heavy atom. The van der Waals surface area contributed by atoms with Crippen molar-refractivity contribution < 1.29 is 9.59 Å². The maximum Gasteiger partial charge on any atom is 0.226 e. The van der Waals surface area contributed by atoms with Gasteiger partial charge in [-0.3, -0.25) is 9.59 Å². The van der Waals surface area contributed by atoms with Gasteiger partial charge >= 0.3 is 0 Å². The third-order valence-corrected chi connectivity index (χ3v) is 4.75. The molecular formula is C21H35N3O2. The van der Waals surface area contributed by atoms with E-state index in [0.717, 1.165) is 29.8 Å². The maximum atomic E-state index is 13.0. The lowest BCUT2D eigenvalue weighted by Gasteiger charge is -2.32. The van der Waals surface area contributed by atoms with Crippen molar-refractivity contribution in [2.45, 2.75) is 66.5 Å². The fourth-order valence-electron chi connectivity index (χ4n) is 3.05. The Labute approximate surface area is 158 Å². The highest BCUT2D eigenvalue weighted by Crippen LogP contribution is 2.26. The topological polar surface area (TPSA) is 52.7 Å². The molecule has 1 N–H and O–H groups in total. The van der Waals surface area contributed by atoms with E-state index in [-0.39, 0.29) is 23.8 Å². The fourth-order valence-corrected chi connectivity index (χ4v) is 3.05. The van der Waals surface area contributed by atoms with E-state index >= 15 is 0 Å². The molecular weight excluding hydrogens is 326 g/mol. The van der Waals surface area contributed by atoms with Gasteiger partial charge in [-0.1, -0.05) is 20.8 Å². The van der Waals surface area contributed by atoms with Crippen molar-refractivity contribution in [2.75, 3.05) is 24.3 Å². The predicted molar refractivity (Wildman–Crippen MR) is 109 cm³/mol. The molecule has 0 saturated heterocycles. The minimum Gasteiger partial charge on any atom is -0.377 e. The summed E-state index contributed by atoms with van der Waals surface area (Å²) >= 11 is 0. The largest absolute Gasteiger partial charge is 0.377 e. The first-order chi connectivity index (χ1) is 12.2. The van der Waals surface area contributed by atoms with Crippen molar-refractivity contribution in [1.29, 1.82) is 0 Å². The first-order valence-electron chi connectivity index (χ1n) is 9.65. The number of hydrogen-bond donors (Lipinski definition) is 1. The molecule has 146 valence electrons. The quantitative estimate of drug-likeness (QED) is 0.714. The Hall–Kier alpha value is -2.04. The summed E-state index contributed by atoms with van der Waals surface area (Å²) in [6.07, 6.45) is 2.15. The molecule has 1 aromatic rings. The molecule has 0 atom stereocenters. The second-order valence-electron chi connectivity index (χ2n) is 7.21. The summed E-state index contributed by atoms with van der Waals surface area (Å²) in [6, 6.07) is 6.01. The molecule has 0 saturated carbocycles. The molecule has 0 aromatic heterocycles. The molecule has 5 nitrogen and oxygen atoms in total. The second-order valence-corrected chi connectivity index (χ2v) is 7.21. The lowest BCUT2D eigenvalue weighted by molar-refractivity contribution is -0.138. The van der Waals surface area contributed by atoms with Crippen LogP contribution in [0.2, 0.25) is 0 Å². The smallest absolute Gasteiger partial charge is 0.226 e. The minimum absolute atomic E-state index is 0.0117. The average Bonchev–Trinajstić information content (AvgIpc) is 2.60. The van der Waals surface area contributed by atoms with Crippen LogP contribution in [-0.2, 0) is 16.1 Å². The zero-order valence-electron chi connectivity index (χ0n) is 17.4. The highest BCUT2D eigenvalue weighted by Gasteiger charge is 2.25. The van der Waals surface area contributed by atoms with Crippen molar-refractivity contribution in [3.05, 3.63) is 23.8 Å². The summed E-state index contributed by atoms with van der Waals surface area (Å²) in [5, 5.41) is 2.91. The van der Waals surface area contributed by atoms with E-state index in [4.69, 9.17) is 0 Å². The number of nitrogens with zero attached hydrogens (tertiary/aromatic N) is 2. The summed E-state index contributed by atoms with van der Waals surface area (Å²) in [5.74, 6) is 0.253. The first kappa shape index (κ1) is 22.0. The number of nitrogens with one attached hydrogen (secondary N) is 1. The van der Waals surface area contributed by atoms with Crippen LogP contribution in [0.5, 0.6) is 0 Å². The molecule has 0 aliphatic carbocycles. The number of benzene rings is 1. The van der Waals surface area contributed by atoms with Gasteiger partial charge in [0.2, 0.25) is 11.8 Å². The van der Waals surface area contributed by atoms with E-state index in [2.05, 4.69) is 33.0 Å². The molecule has 0 aliphatic heterocycles. The average molecular weight is 362 g/mol. The molecule has 1 rings (SSSR count). The Bertz CT molecular complexity index is 607. The predicted octanol–water partition coefficient (Wildman–Crippen LogP) is 4.27. The number of carbonyl (C=O) groups excluding carboxylic acids is 2. The molecule has 5 heteroatoms. The molecule has 0 bridgehead atoms. The second kappa shape index (κ2) is 10.2. The molecule has 0 fully saturated rings. The number of rotatable bonds is 9. The van der Waals surface area contributed by atoms with Crippen LogP contribution in [0.15, 0.2) is 18.2 Å². The Morgan fingerprint density at radius 2 is 1.69 bits per heavy atom. The lowest BCUT2D eigenvalue weighted by atomic mass is 10.00. The monoisotopic (exact) mass is 361 g/mol. The summed E-state index contributed by atoms with van der Waals surface area (Å²) in [7, 11) is 3.98. The van der Waals surface area contributed by atoms with E-state index in [1.165, 1.54) is 0 Å². The number of carbonyl (C=O) groups is 2. The molecule has 26 heavy (non-hydrogen) atoms. The summed E-state index contributed by atoms with van der Waals surface area (Å²) < 4.78 is 0. The maximum absolute atomic E-state index is 13.0. The van der Waals surface area contributed by atoms with Gasteiger partial charge in [0, 0.05) is 50.4 Å². The van der Waals surface area contributed by atoms with Crippen LogP contribution in [0.1, 0.15) is 59.4 Å². The lowest BCUT2D eigenvalue weighted by Crippen LogP contribution is -2.40. The number of hydrogen-bond acceptors (Lipinski definition) is 3. The van der Waals surface area contributed by atoms with E-state index in [1.807, 2.05) is 49.0 Å². The summed E-state index contributed by atoms with van der Waals surface area (Å²) in [6.45, 7) is 10.6. The zero-order valence-corrected chi connectivity index (χ0v) is 17.4. The Balaban J connectivity index is 3.21. The van der Waals surface area contributed by atoms with Gasteiger partial charge in [0.05, 0.1) is 0 Å². The van der Waals surface area contributed by atoms with Gasteiger partial charge in [-0.2, -0.15) is 0 Å². The van der Waals surface area contributed by atoms with Crippen molar-refractivity contribution in [3.8, 4) is 0 Å². The normalized spacial score (nSPS) is 11.0. The third kappa shape index (κ3) is 5.75. The molecule has 0 spiro atoms. The van der Waals surface area contributed by atoms with Crippen molar-refractivity contribution in [2.24, 2.45) is 5.92 Å². The first-order valence-corrected chi connectivity index (χ1v) is 9.65. The van der Waals surface area contributed by atoms with Crippen LogP contribution in [0, 0.1) is 5.92 Å². The van der Waals surface area contributed by atoms with Crippen LogP contribution in [-0.4, -0.2) is 36.9 Å². The Morgan fingerprint density at radius 3 is 2.15 bits per heavy atom. The Kier molecular flexibility index (Phi) is 8.62.